The van der Waals surface area contributed by atoms with Crippen molar-refractivity contribution in [2.45, 2.75) is 38.7 Å². The van der Waals surface area contributed by atoms with Crippen molar-refractivity contribution in [3.8, 4) is 5.75 Å². The molecule has 1 aromatic rings. The maximum absolute atomic E-state index is 9.91. The van der Waals surface area contributed by atoms with Crippen LogP contribution in [0.3, 0.4) is 0 Å². The van der Waals surface area contributed by atoms with E-state index in [1.807, 2.05) is 0 Å². The number of hydrogen-bond acceptors (Lipinski definition) is 2. The molecule has 0 amide bonds. The molecule has 82 valence electrons. The van der Waals surface area contributed by atoms with Gasteiger partial charge in [-0.05, 0) is 43.4 Å². The number of aliphatic hydroxyl groups is 1. The van der Waals surface area contributed by atoms with E-state index in [2.05, 4.69) is 26.0 Å². The lowest BCUT2D eigenvalue weighted by molar-refractivity contribution is 0.150. The van der Waals surface area contributed by atoms with Crippen LogP contribution in [0, 0.1) is 13.8 Å². The summed E-state index contributed by atoms with van der Waals surface area (Å²) in [6.45, 7) is 4.14. The normalized spacial score (nSPS) is 17.6. The fraction of sp³-hybridized carbons (Fsp3) is 0.538. The molecular weight excluding hydrogens is 188 g/mol. The van der Waals surface area contributed by atoms with Gasteiger partial charge in [-0.15, -0.1) is 0 Å². The minimum Gasteiger partial charge on any atom is -0.496 e. The second-order valence-electron chi connectivity index (χ2n) is 4.60. The topological polar surface area (TPSA) is 29.5 Å². The number of ether oxygens (including phenoxy) is 1. The summed E-state index contributed by atoms with van der Waals surface area (Å²) in [6, 6.07) is 4.16. The summed E-state index contributed by atoms with van der Waals surface area (Å²) in [5.74, 6) is 0.940. The lowest BCUT2D eigenvalue weighted by Crippen LogP contribution is -2.12. The maximum Gasteiger partial charge on any atom is 0.125 e. The number of methoxy groups -OCH3 is 1. The predicted octanol–water partition coefficient (Wildman–Crippen LogP) is 2.38. The van der Waals surface area contributed by atoms with Gasteiger partial charge in [0.25, 0.3) is 0 Å². The number of hydrogen-bond donors (Lipinski definition) is 1. The standard InChI is InChI=1S/C13H18O2/c1-9-4-5-11(8-13(14)6-7-13)12(15-3)10(9)2/h4-5,14H,6-8H2,1-3H3. The van der Waals surface area contributed by atoms with E-state index >= 15 is 0 Å². The molecule has 0 aliphatic heterocycles. The molecule has 0 spiro atoms. The Balaban J connectivity index is 2.34. The first kappa shape index (κ1) is 10.5. The Labute approximate surface area is 90.9 Å². The minimum absolute atomic E-state index is 0.449. The van der Waals surface area contributed by atoms with Crippen molar-refractivity contribution in [1.29, 1.82) is 0 Å². The average Bonchev–Trinajstić information content (AvgIpc) is 2.91. The largest absolute Gasteiger partial charge is 0.496 e. The summed E-state index contributed by atoms with van der Waals surface area (Å²) < 4.78 is 5.42. The third-order valence-electron chi connectivity index (χ3n) is 3.31. The third-order valence-corrected chi connectivity index (χ3v) is 3.31. The van der Waals surface area contributed by atoms with E-state index < -0.39 is 5.60 Å². The van der Waals surface area contributed by atoms with Crippen molar-refractivity contribution in [3.05, 3.63) is 28.8 Å². The van der Waals surface area contributed by atoms with Crippen LogP contribution in [-0.4, -0.2) is 17.8 Å². The molecule has 0 unspecified atom stereocenters. The van der Waals surface area contributed by atoms with Gasteiger partial charge in [0, 0.05) is 6.42 Å². The molecule has 1 aliphatic carbocycles. The molecule has 1 aromatic carbocycles. The second-order valence-corrected chi connectivity index (χ2v) is 4.60. The van der Waals surface area contributed by atoms with Crippen LogP contribution >= 0.6 is 0 Å². The molecule has 0 atom stereocenters. The molecule has 0 aromatic heterocycles. The Hall–Kier alpha value is -1.02. The monoisotopic (exact) mass is 206 g/mol. The molecule has 2 rings (SSSR count). The third kappa shape index (κ3) is 2.00. The first-order chi connectivity index (χ1) is 7.06. The van der Waals surface area contributed by atoms with Gasteiger partial charge in [0.15, 0.2) is 0 Å². The van der Waals surface area contributed by atoms with Crippen LogP contribution in [0.5, 0.6) is 5.75 Å². The quantitative estimate of drug-likeness (QED) is 0.822. The van der Waals surface area contributed by atoms with E-state index in [1.54, 1.807) is 7.11 Å². The van der Waals surface area contributed by atoms with Crippen LogP contribution in [0.1, 0.15) is 29.5 Å². The van der Waals surface area contributed by atoms with Gasteiger partial charge in [0.05, 0.1) is 12.7 Å². The van der Waals surface area contributed by atoms with Gasteiger partial charge in [-0.1, -0.05) is 12.1 Å². The maximum atomic E-state index is 9.91. The van der Waals surface area contributed by atoms with E-state index in [0.29, 0.717) is 0 Å². The Morgan fingerprint density at radius 3 is 2.53 bits per heavy atom. The molecule has 0 bridgehead atoms. The molecule has 15 heavy (non-hydrogen) atoms. The second kappa shape index (κ2) is 3.53. The average molecular weight is 206 g/mol. The fourth-order valence-corrected chi connectivity index (χ4v) is 1.95. The summed E-state index contributed by atoms with van der Waals surface area (Å²) in [7, 11) is 1.70. The highest BCUT2D eigenvalue weighted by atomic mass is 16.5. The summed E-state index contributed by atoms with van der Waals surface area (Å²) >= 11 is 0. The Morgan fingerprint density at radius 1 is 1.33 bits per heavy atom. The van der Waals surface area contributed by atoms with E-state index in [9.17, 15) is 5.11 Å². The van der Waals surface area contributed by atoms with Gasteiger partial charge in [0.2, 0.25) is 0 Å². The van der Waals surface area contributed by atoms with Crippen molar-refractivity contribution < 1.29 is 9.84 Å². The first-order valence-electron chi connectivity index (χ1n) is 5.41. The number of benzene rings is 1. The molecule has 1 fully saturated rings. The number of aryl methyl sites for hydroxylation is 1. The van der Waals surface area contributed by atoms with Crippen LogP contribution in [0.2, 0.25) is 0 Å². The van der Waals surface area contributed by atoms with Crippen molar-refractivity contribution in [3.63, 3.8) is 0 Å². The van der Waals surface area contributed by atoms with Crippen LogP contribution in [0.4, 0.5) is 0 Å². The molecule has 0 saturated heterocycles. The van der Waals surface area contributed by atoms with E-state index in [-0.39, 0.29) is 0 Å². The Kier molecular flexibility index (Phi) is 2.47. The zero-order valence-electron chi connectivity index (χ0n) is 9.63. The van der Waals surface area contributed by atoms with Crippen molar-refractivity contribution in [2.75, 3.05) is 7.11 Å². The molecule has 0 radical (unpaired) electrons. The van der Waals surface area contributed by atoms with Gasteiger partial charge in [-0.25, -0.2) is 0 Å². The van der Waals surface area contributed by atoms with Gasteiger partial charge < -0.3 is 9.84 Å². The molecule has 1 N–H and O–H groups in total. The highest BCUT2D eigenvalue weighted by molar-refractivity contribution is 5.46. The van der Waals surface area contributed by atoms with Crippen LogP contribution in [-0.2, 0) is 6.42 Å². The predicted molar refractivity (Wildman–Crippen MR) is 60.4 cm³/mol. The van der Waals surface area contributed by atoms with Gasteiger partial charge >= 0.3 is 0 Å². The van der Waals surface area contributed by atoms with Gasteiger partial charge in [-0.3, -0.25) is 0 Å². The SMILES string of the molecule is COc1c(CC2(O)CC2)ccc(C)c1C. The van der Waals surface area contributed by atoms with E-state index in [1.165, 1.54) is 11.1 Å². The van der Waals surface area contributed by atoms with Crippen molar-refractivity contribution in [1.82, 2.24) is 0 Å². The van der Waals surface area contributed by atoms with Gasteiger partial charge in [-0.2, -0.15) is 0 Å². The Morgan fingerprint density at radius 2 is 2.00 bits per heavy atom. The fourth-order valence-electron chi connectivity index (χ4n) is 1.95. The summed E-state index contributed by atoms with van der Waals surface area (Å²) in [6.07, 6.45) is 2.56. The van der Waals surface area contributed by atoms with E-state index in [0.717, 1.165) is 30.6 Å². The molecule has 0 heterocycles. The van der Waals surface area contributed by atoms with Crippen molar-refractivity contribution in [2.24, 2.45) is 0 Å². The smallest absolute Gasteiger partial charge is 0.125 e. The molecule has 1 aliphatic rings. The van der Waals surface area contributed by atoms with Crippen molar-refractivity contribution >= 4 is 0 Å². The van der Waals surface area contributed by atoms with Gasteiger partial charge in [0.1, 0.15) is 5.75 Å². The summed E-state index contributed by atoms with van der Waals surface area (Å²) in [5, 5.41) is 9.91. The summed E-state index contributed by atoms with van der Waals surface area (Å²) in [5.41, 5.74) is 3.09. The lowest BCUT2D eigenvalue weighted by Gasteiger charge is -2.15. The molecule has 2 heteroatoms. The lowest BCUT2D eigenvalue weighted by atomic mass is 9.99. The molecule has 1 saturated carbocycles. The van der Waals surface area contributed by atoms with Crippen LogP contribution < -0.4 is 4.74 Å². The van der Waals surface area contributed by atoms with Crippen LogP contribution in [0.15, 0.2) is 12.1 Å². The zero-order chi connectivity index (χ0) is 11.1. The van der Waals surface area contributed by atoms with Crippen LogP contribution in [0.25, 0.3) is 0 Å². The summed E-state index contributed by atoms with van der Waals surface area (Å²) in [4.78, 5) is 0. The number of rotatable bonds is 3. The highest BCUT2D eigenvalue weighted by Crippen LogP contribution is 2.40. The first-order valence-corrected chi connectivity index (χ1v) is 5.41. The minimum atomic E-state index is -0.449. The zero-order valence-corrected chi connectivity index (χ0v) is 9.63. The Bertz CT molecular complexity index is 378. The van der Waals surface area contributed by atoms with E-state index in [4.69, 9.17) is 4.74 Å². The molecule has 2 nitrogen and oxygen atoms in total. The highest BCUT2D eigenvalue weighted by Gasteiger charge is 2.40. The molecular formula is C13H18O2.